The molecule has 0 aromatic heterocycles. The Morgan fingerprint density at radius 2 is 0.875 bits per heavy atom. The van der Waals surface area contributed by atoms with Gasteiger partial charge in [0.15, 0.2) is 0 Å². The standard InChI is InChI=1S/C22H26S2/c1-15(2)23-13-21-17-9-5-7-11-19(17)22(14-24-16(3)4)20-12-8-6-10-18(20)21/h5-12,15-16H,13-14H2,1-4H3. The lowest BCUT2D eigenvalue weighted by atomic mass is 9.93. The first-order valence-corrected chi connectivity index (χ1v) is 10.8. The van der Waals surface area contributed by atoms with Gasteiger partial charge in [-0.2, -0.15) is 23.5 Å². The minimum atomic E-state index is 0.652. The summed E-state index contributed by atoms with van der Waals surface area (Å²) in [6, 6.07) is 18.0. The molecule has 3 rings (SSSR count). The van der Waals surface area contributed by atoms with Crippen LogP contribution in [0, 0.1) is 0 Å². The molecule has 2 heteroatoms. The number of hydrogen-bond acceptors (Lipinski definition) is 2. The van der Waals surface area contributed by atoms with Crippen molar-refractivity contribution in [3.05, 3.63) is 59.7 Å². The third-order valence-corrected chi connectivity index (χ3v) is 6.52. The van der Waals surface area contributed by atoms with Gasteiger partial charge in [0.2, 0.25) is 0 Å². The van der Waals surface area contributed by atoms with Crippen molar-refractivity contribution in [3.63, 3.8) is 0 Å². The Kier molecular flexibility index (Phi) is 5.78. The second kappa shape index (κ2) is 7.84. The molecule has 3 aromatic carbocycles. The van der Waals surface area contributed by atoms with Crippen LogP contribution < -0.4 is 0 Å². The number of fused-ring (bicyclic) bond motifs is 2. The minimum absolute atomic E-state index is 0.652. The molecule has 24 heavy (non-hydrogen) atoms. The van der Waals surface area contributed by atoms with Crippen molar-refractivity contribution in [1.29, 1.82) is 0 Å². The zero-order valence-corrected chi connectivity index (χ0v) is 16.6. The van der Waals surface area contributed by atoms with Gasteiger partial charge in [-0.3, -0.25) is 0 Å². The first-order chi connectivity index (χ1) is 11.6. The maximum atomic E-state index is 2.31. The molecular weight excluding hydrogens is 328 g/mol. The maximum Gasteiger partial charge on any atom is 0.0199 e. The first-order valence-electron chi connectivity index (χ1n) is 8.72. The highest BCUT2D eigenvalue weighted by molar-refractivity contribution is 7.99. The van der Waals surface area contributed by atoms with E-state index in [0.717, 1.165) is 11.5 Å². The van der Waals surface area contributed by atoms with Gasteiger partial charge in [-0.1, -0.05) is 76.2 Å². The van der Waals surface area contributed by atoms with E-state index in [9.17, 15) is 0 Å². The van der Waals surface area contributed by atoms with E-state index in [1.165, 1.54) is 32.7 Å². The van der Waals surface area contributed by atoms with E-state index >= 15 is 0 Å². The van der Waals surface area contributed by atoms with Gasteiger partial charge >= 0.3 is 0 Å². The van der Waals surface area contributed by atoms with E-state index < -0.39 is 0 Å². The highest BCUT2D eigenvalue weighted by Crippen LogP contribution is 2.37. The molecule has 0 nitrogen and oxygen atoms in total. The van der Waals surface area contributed by atoms with Gasteiger partial charge in [0.25, 0.3) is 0 Å². The topological polar surface area (TPSA) is 0 Å². The monoisotopic (exact) mass is 354 g/mol. The van der Waals surface area contributed by atoms with E-state index in [1.54, 1.807) is 0 Å². The van der Waals surface area contributed by atoms with Crippen molar-refractivity contribution in [2.45, 2.75) is 49.7 Å². The fourth-order valence-electron chi connectivity index (χ4n) is 3.12. The molecule has 0 saturated carbocycles. The van der Waals surface area contributed by atoms with E-state index in [-0.39, 0.29) is 0 Å². The molecular formula is C22H26S2. The van der Waals surface area contributed by atoms with E-state index in [2.05, 4.69) is 76.2 Å². The smallest absolute Gasteiger partial charge is 0.0199 e. The third kappa shape index (κ3) is 3.75. The largest absolute Gasteiger partial charge is 0.154 e. The molecule has 0 aliphatic carbocycles. The predicted molar refractivity (Wildman–Crippen MR) is 114 cm³/mol. The summed E-state index contributed by atoms with van der Waals surface area (Å²) >= 11 is 4.07. The molecule has 0 heterocycles. The highest BCUT2D eigenvalue weighted by Gasteiger charge is 2.14. The van der Waals surface area contributed by atoms with Crippen LogP contribution in [-0.4, -0.2) is 10.5 Å². The van der Waals surface area contributed by atoms with Crippen LogP contribution in [0.5, 0.6) is 0 Å². The van der Waals surface area contributed by atoms with Crippen LogP contribution in [-0.2, 0) is 11.5 Å². The zero-order chi connectivity index (χ0) is 17.1. The van der Waals surface area contributed by atoms with Crippen LogP contribution in [0.25, 0.3) is 21.5 Å². The van der Waals surface area contributed by atoms with E-state index in [4.69, 9.17) is 0 Å². The average molecular weight is 355 g/mol. The minimum Gasteiger partial charge on any atom is -0.154 e. The van der Waals surface area contributed by atoms with Gasteiger partial charge in [-0.05, 0) is 43.2 Å². The zero-order valence-electron chi connectivity index (χ0n) is 15.0. The summed E-state index contributed by atoms with van der Waals surface area (Å²) in [5, 5.41) is 7.04. The second-order valence-corrected chi connectivity index (χ2v) is 9.90. The lowest BCUT2D eigenvalue weighted by Crippen LogP contribution is -1.97. The molecule has 0 aliphatic heterocycles. The van der Waals surface area contributed by atoms with Gasteiger partial charge < -0.3 is 0 Å². The first kappa shape index (κ1) is 17.7. The molecule has 126 valence electrons. The molecule has 0 bridgehead atoms. The summed E-state index contributed by atoms with van der Waals surface area (Å²) in [6.45, 7) is 9.12. The number of thioether (sulfide) groups is 2. The van der Waals surface area contributed by atoms with Gasteiger partial charge in [-0.15, -0.1) is 0 Å². The molecule has 0 radical (unpaired) electrons. The van der Waals surface area contributed by atoms with Gasteiger partial charge in [-0.25, -0.2) is 0 Å². The summed E-state index contributed by atoms with van der Waals surface area (Å²) in [7, 11) is 0. The molecule has 0 aliphatic rings. The molecule has 3 aromatic rings. The van der Waals surface area contributed by atoms with Crippen LogP contribution >= 0.6 is 23.5 Å². The summed E-state index contributed by atoms with van der Waals surface area (Å²) in [5.41, 5.74) is 3.00. The van der Waals surface area contributed by atoms with Crippen LogP contribution in [0.2, 0.25) is 0 Å². The third-order valence-electron chi connectivity index (χ3n) is 4.28. The summed E-state index contributed by atoms with van der Waals surface area (Å²) in [5.74, 6) is 2.16. The fourth-order valence-corrected chi connectivity index (χ4v) is 4.74. The second-order valence-electron chi connectivity index (χ2n) is 6.77. The van der Waals surface area contributed by atoms with E-state index in [1.807, 2.05) is 23.5 Å². The Labute approximate surface area is 154 Å². The van der Waals surface area contributed by atoms with Crippen molar-refractivity contribution in [2.75, 3.05) is 0 Å². The van der Waals surface area contributed by atoms with Gasteiger partial charge in [0.1, 0.15) is 0 Å². The summed E-state index contributed by atoms with van der Waals surface area (Å²) in [4.78, 5) is 0. The normalized spacial score (nSPS) is 11.9. The van der Waals surface area contributed by atoms with Gasteiger partial charge in [0, 0.05) is 11.5 Å². The molecule has 0 atom stereocenters. The van der Waals surface area contributed by atoms with Crippen molar-refractivity contribution < 1.29 is 0 Å². The molecule has 0 spiro atoms. The van der Waals surface area contributed by atoms with Crippen molar-refractivity contribution >= 4 is 45.1 Å². The number of benzene rings is 3. The van der Waals surface area contributed by atoms with Crippen molar-refractivity contribution in [2.24, 2.45) is 0 Å². The average Bonchev–Trinajstić information content (AvgIpc) is 2.57. The molecule has 0 amide bonds. The Hall–Kier alpha value is -1.12. The lowest BCUT2D eigenvalue weighted by molar-refractivity contribution is 1.11. The Morgan fingerprint density at radius 1 is 0.583 bits per heavy atom. The van der Waals surface area contributed by atoms with Crippen LogP contribution in [0.15, 0.2) is 48.5 Å². The van der Waals surface area contributed by atoms with Gasteiger partial charge in [0.05, 0.1) is 0 Å². The summed E-state index contributed by atoms with van der Waals surface area (Å²) in [6.07, 6.45) is 0. The molecule has 0 fully saturated rings. The van der Waals surface area contributed by atoms with Crippen LogP contribution in [0.1, 0.15) is 38.8 Å². The summed E-state index contributed by atoms with van der Waals surface area (Å²) < 4.78 is 0. The Balaban J connectivity index is 2.24. The van der Waals surface area contributed by atoms with Crippen LogP contribution in [0.3, 0.4) is 0 Å². The molecule has 0 unspecified atom stereocenters. The SMILES string of the molecule is CC(C)SCc1c2ccccc2c(CSC(C)C)c2ccccc12. The Bertz CT molecular complexity index is 707. The maximum absolute atomic E-state index is 2.31. The van der Waals surface area contributed by atoms with Crippen molar-refractivity contribution in [3.8, 4) is 0 Å². The van der Waals surface area contributed by atoms with Crippen LogP contribution in [0.4, 0.5) is 0 Å². The lowest BCUT2D eigenvalue weighted by Gasteiger charge is -2.18. The van der Waals surface area contributed by atoms with Crippen molar-refractivity contribution in [1.82, 2.24) is 0 Å². The molecule has 0 N–H and O–H groups in total. The predicted octanol–water partition coefficient (Wildman–Crippen LogP) is 7.28. The molecule has 0 saturated heterocycles. The number of hydrogen-bond donors (Lipinski definition) is 0. The quantitative estimate of drug-likeness (QED) is 0.427. The fraction of sp³-hybridized carbons (Fsp3) is 0.364. The Morgan fingerprint density at radius 3 is 1.12 bits per heavy atom. The van der Waals surface area contributed by atoms with E-state index in [0.29, 0.717) is 10.5 Å². The highest BCUT2D eigenvalue weighted by atomic mass is 32.2. The number of rotatable bonds is 6.